The van der Waals surface area contributed by atoms with Crippen molar-refractivity contribution in [2.45, 2.75) is 19.4 Å². The highest BCUT2D eigenvalue weighted by Crippen LogP contribution is 2.30. The summed E-state index contributed by atoms with van der Waals surface area (Å²) in [7, 11) is 0. The van der Waals surface area contributed by atoms with E-state index in [1.807, 2.05) is 37.3 Å². The third-order valence-corrected chi connectivity index (χ3v) is 5.03. The first-order chi connectivity index (χ1) is 12.0. The van der Waals surface area contributed by atoms with E-state index < -0.39 is 5.92 Å². The van der Waals surface area contributed by atoms with Crippen molar-refractivity contribution in [3.8, 4) is 0 Å². The molecule has 1 aliphatic rings. The number of carbonyl (C=O) groups excluding carboxylic acids is 2. The molecule has 0 aromatic heterocycles. The summed E-state index contributed by atoms with van der Waals surface area (Å²) in [5.74, 6) is -0.650. The van der Waals surface area contributed by atoms with E-state index >= 15 is 0 Å². The average Bonchev–Trinajstić information content (AvgIpc) is 3.00. The van der Waals surface area contributed by atoms with Gasteiger partial charge in [-0.3, -0.25) is 9.59 Å². The zero-order chi connectivity index (χ0) is 18.0. The molecular weight excluding hydrogens is 359 g/mol. The number of hydrogen-bond donors (Lipinski definition) is 1. The SMILES string of the molecule is C[C@@H](c1ccccc1)N1C[C@@H](C(=O)Nc2cc(Cl)ccc2Cl)CC1=O. The van der Waals surface area contributed by atoms with E-state index in [0.717, 1.165) is 5.56 Å². The number of halogens is 2. The number of amides is 2. The van der Waals surface area contributed by atoms with Crippen molar-refractivity contribution in [3.63, 3.8) is 0 Å². The maximum Gasteiger partial charge on any atom is 0.229 e. The average molecular weight is 377 g/mol. The largest absolute Gasteiger partial charge is 0.335 e. The van der Waals surface area contributed by atoms with E-state index in [1.54, 1.807) is 23.1 Å². The van der Waals surface area contributed by atoms with E-state index in [1.165, 1.54) is 0 Å². The second-order valence-electron chi connectivity index (χ2n) is 6.15. The van der Waals surface area contributed by atoms with Crippen molar-refractivity contribution in [2.24, 2.45) is 5.92 Å². The van der Waals surface area contributed by atoms with Crippen molar-refractivity contribution in [1.29, 1.82) is 0 Å². The molecule has 0 bridgehead atoms. The molecule has 0 spiro atoms. The Bertz CT molecular complexity index is 795. The third kappa shape index (κ3) is 3.97. The molecular formula is C19H18Cl2N2O2. The van der Waals surface area contributed by atoms with Gasteiger partial charge in [0.25, 0.3) is 0 Å². The van der Waals surface area contributed by atoms with Crippen LogP contribution in [0.5, 0.6) is 0 Å². The summed E-state index contributed by atoms with van der Waals surface area (Å²) >= 11 is 12.0. The number of anilines is 1. The van der Waals surface area contributed by atoms with Crippen LogP contribution in [0.2, 0.25) is 10.0 Å². The highest BCUT2D eigenvalue weighted by atomic mass is 35.5. The number of rotatable bonds is 4. The van der Waals surface area contributed by atoms with Gasteiger partial charge in [0.15, 0.2) is 0 Å². The van der Waals surface area contributed by atoms with Gasteiger partial charge in [-0.05, 0) is 30.7 Å². The molecule has 1 N–H and O–H groups in total. The van der Waals surface area contributed by atoms with Crippen LogP contribution < -0.4 is 5.32 Å². The summed E-state index contributed by atoms with van der Waals surface area (Å²) in [4.78, 5) is 26.7. The van der Waals surface area contributed by atoms with Crippen molar-refractivity contribution >= 4 is 40.7 Å². The summed E-state index contributed by atoms with van der Waals surface area (Å²) in [6.45, 7) is 2.36. The summed E-state index contributed by atoms with van der Waals surface area (Å²) in [6.07, 6.45) is 0.196. The van der Waals surface area contributed by atoms with Gasteiger partial charge in [0.1, 0.15) is 0 Å². The van der Waals surface area contributed by atoms with Gasteiger partial charge in [0.05, 0.1) is 22.7 Å². The van der Waals surface area contributed by atoms with Gasteiger partial charge < -0.3 is 10.2 Å². The van der Waals surface area contributed by atoms with Gasteiger partial charge in [0, 0.05) is 18.0 Å². The fourth-order valence-corrected chi connectivity index (χ4v) is 3.36. The summed E-state index contributed by atoms with van der Waals surface area (Å²) in [5, 5.41) is 3.68. The van der Waals surface area contributed by atoms with Crippen molar-refractivity contribution in [1.82, 2.24) is 4.90 Å². The lowest BCUT2D eigenvalue weighted by atomic mass is 10.1. The number of hydrogen-bond acceptors (Lipinski definition) is 2. The number of nitrogens with one attached hydrogen (secondary N) is 1. The minimum Gasteiger partial charge on any atom is -0.335 e. The van der Waals surface area contributed by atoms with Gasteiger partial charge >= 0.3 is 0 Å². The Kier molecular flexibility index (Phi) is 5.30. The molecule has 1 fully saturated rings. The first-order valence-corrected chi connectivity index (χ1v) is 8.81. The van der Waals surface area contributed by atoms with Crippen molar-refractivity contribution < 1.29 is 9.59 Å². The molecule has 25 heavy (non-hydrogen) atoms. The van der Waals surface area contributed by atoms with Crippen molar-refractivity contribution in [3.05, 3.63) is 64.1 Å². The monoisotopic (exact) mass is 376 g/mol. The van der Waals surface area contributed by atoms with E-state index in [-0.39, 0.29) is 24.3 Å². The quantitative estimate of drug-likeness (QED) is 0.851. The van der Waals surface area contributed by atoms with Crippen LogP contribution in [0.15, 0.2) is 48.5 Å². The Hall–Kier alpha value is -2.04. The number of carbonyl (C=O) groups is 2. The van der Waals surface area contributed by atoms with Crippen LogP contribution in [0, 0.1) is 5.92 Å². The molecule has 0 aliphatic carbocycles. The normalized spacial score (nSPS) is 18.3. The molecule has 2 aromatic rings. The Morgan fingerprint density at radius 1 is 1.20 bits per heavy atom. The Morgan fingerprint density at radius 3 is 2.64 bits per heavy atom. The molecule has 130 valence electrons. The summed E-state index contributed by atoms with van der Waals surface area (Å²) < 4.78 is 0. The van der Waals surface area contributed by atoms with Gasteiger partial charge in [-0.25, -0.2) is 0 Å². The van der Waals surface area contributed by atoms with Crippen LogP contribution in [-0.4, -0.2) is 23.3 Å². The zero-order valence-electron chi connectivity index (χ0n) is 13.7. The Balaban J connectivity index is 1.69. The van der Waals surface area contributed by atoms with Gasteiger partial charge in [-0.2, -0.15) is 0 Å². The molecule has 6 heteroatoms. The second-order valence-corrected chi connectivity index (χ2v) is 6.99. The number of benzene rings is 2. The third-order valence-electron chi connectivity index (χ3n) is 4.47. The maximum atomic E-state index is 12.5. The standard InChI is InChI=1S/C19H18Cl2N2O2/c1-12(13-5-3-2-4-6-13)23-11-14(9-18(23)24)19(25)22-17-10-15(20)7-8-16(17)21/h2-8,10,12,14H,9,11H2,1H3,(H,22,25)/t12-,14-/m0/s1. The number of likely N-dealkylation sites (tertiary alicyclic amines) is 1. The van der Waals surface area contributed by atoms with Crippen LogP contribution in [0.25, 0.3) is 0 Å². The molecule has 0 unspecified atom stereocenters. The van der Waals surface area contributed by atoms with Crippen molar-refractivity contribution in [2.75, 3.05) is 11.9 Å². The lowest BCUT2D eigenvalue weighted by Crippen LogP contribution is -2.30. The fraction of sp³-hybridized carbons (Fsp3) is 0.263. The van der Waals surface area contributed by atoms with Crippen LogP contribution in [0.1, 0.15) is 24.9 Å². The molecule has 2 atom stereocenters. The van der Waals surface area contributed by atoms with E-state index in [4.69, 9.17) is 23.2 Å². The number of nitrogens with zero attached hydrogens (tertiary/aromatic N) is 1. The van der Waals surface area contributed by atoms with E-state index in [0.29, 0.717) is 22.3 Å². The predicted octanol–water partition coefficient (Wildman–Crippen LogP) is 4.54. The predicted molar refractivity (Wildman–Crippen MR) is 99.8 cm³/mol. The van der Waals surface area contributed by atoms with Crippen LogP contribution in [-0.2, 0) is 9.59 Å². The molecule has 1 saturated heterocycles. The van der Waals surface area contributed by atoms with Crippen LogP contribution in [0.4, 0.5) is 5.69 Å². The summed E-state index contributed by atoms with van der Waals surface area (Å²) in [5.41, 5.74) is 1.51. The summed E-state index contributed by atoms with van der Waals surface area (Å²) in [6, 6.07) is 14.6. The first kappa shape index (κ1) is 17.8. The molecule has 2 aromatic carbocycles. The molecule has 2 amide bonds. The molecule has 4 nitrogen and oxygen atoms in total. The lowest BCUT2D eigenvalue weighted by Gasteiger charge is -2.25. The van der Waals surface area contributed by atoms with E-state index in [2.05, 4.69) is 5.32 Å². The minimum absolute atomic E-state index is 0.0197. The van der Waals surface area contributed by atoms with Gasteiger partial charge in [0.2, 0.25) is 11.8 Å². The highest BCUT2D eigenvalue weighted by Gasteiger charge is 2.37. The van der Waals surface area contributed by atoms with Crippen LogP contribution in [0.3, 0.4) is 0 Å². The molecule has 1 aliphatic heterocycles. The highest BCUT2D eigenvalue weighted by molar-refractivity contribution is 6.35. The Labute approximate surface area is 156 Å². The van der Waals surface area contributed by atoms with Gasteiger partial charge in [-0.15, -0.1) is 0 Å². The van der Waals surface area contributed by atoms with E-state index in [9.17, 15) is 9.59 Å². The van der Waals surface area contributed by atoms with Crippen LogP contribution >= 0.6 is 23.2 Å². The zero-order valence-corrected chi connectivity index (χ0v) is 15.2. The molecule has 0 radical (unpaired) electrons. The van der Waals surface area contributed by atoms with Gasteiger partial charge in [-0.1, -0.05) is 53.5 Å². The fourth-order valence-electron chi connectivity index (χ4n) is 3.02. The smallest absolute Gasteiger partial charge is 0.229 e. The second kappa shape index (κ2) is 7.46. The molecule has 0 saturated carbocycles. The molecule has 1 heterocycles. The minimum atomic E-state index is -0.409. The molecule has 3 rings (SSSR count). The maximum absolute atomic E-state index is 12.5. The topological polar surface area (TPSA) is 49.4 Å². The first-order valence-electron chi connectivity index (χ1n) is 8.06. The lowest BCUT2D eigenvalue weighted by molar-refractivity contribution is -0.129. The Morgan fingerprint density at radius 2 is 1.92 bits per heavy atom.